The van der Waals surface area contributed by atoms with Gasteiger partial charge in [-0.05, 0) is 42.7 Å². The zero-order valence-electron chi connectivity index (χ0n) is 12.9. The molecule has 0 aromatic heterocycles. The summed E-state index contributed by atoms with van der Waals surface area (Å²) in [5.74, 6) is 1.69. The van der Waals surface area contributed by atoms with Crippen molar-refractivity contribution >= 4 is 17.6 Å². The maximum absolute atomic E-state index is 5.40. The lowest BCUT2D eigenvalue weighted by atomic mass is 10.1. The van der Waals surface area contributed by atoms with Gasteiger partial charge in [-0.25, -0.2) is 4.72 Å². The van der Waals surface area contributed by atoms with Gasteiger partial charge in [0, 0.05) is 6.07 Å². The van der Waals surface area contributed by atoms with E-state index in [0.29, 0.717) is 0 Å². The van der Waals surface area contributed by atoms with Crippen molar-refractivity contribution in [1.29, 1.82) is 0 Å². The Kier molecular flexibility index (Phi) is 5.39. The van der Waals surface area contributed by atoms with Gasteiger partial charge in [-0.2, -0.15) is 0 Å². The Morgan fingerprint density at radius 3 is 2.48 bits per heavy atom. The van der Waals surface area contributed by atoms with Crippen molar-refractivity contribution in [2.75, 3.05) is 18.9 Å². The highest BCUT2D eigenvalue weighted by Crippen LogP contribution is 2.27. The number of benzene rings is 2. The van der Waals surface area contributed by atoms with E-state index in [9.17, 15) is 0 Å². The number of anilines is 1. The molecule has 0 atom stereocenters. The highest BCUT2D eigenvalue weighted by atomic mass is 32.2. The average molecular weight is 304 g/mol. The van der Waals surface area contributed by atoms with Gasteiger partial charge in [0.2, 0.25) is 4.90 Å². The molecule has 0 amide bonds. The summed E-state index contributed by atoms with van der Waals surface area (Å²) in [4.78, 5) is 1.05. The lowest BCUT2D eigenvalue weighted by Crippen LogP contribution is -2.02. The van der Waals surface area contributed by atoms with E-state index in [1.807, 2.05) is 18.2 Å². The molecule has 0 radical (unpaired) electrons. The molecular formula is C17H22NO2S+. The summed E-state index contributed by atoms with van der Waals surface area (Å²) in [7, 11) is 3.35. The largest absolute Gasteiger partial charge is 0.497 e. The lowest BCUT2D eigenvalue weighted by molar-refractivity contribution is 0.394. The summed E-state index contributed by atoms with van der Waals surface area (Å²) in [5, 5.41) is 0. The van der Waals surface area contributed by atoms with E-state index in [1.54, 1.807) is 14.2 Å². The van der Waals surface area contributed by atoms with Crippen molar-refractivity contribution in [1.82, 2.24) is 0 Å². The molecule has 2 aromatic rings. The number of ether oxygens (including phenoxy) is 2. The molecule has 0 aliphatic heterocycles. The van der Waals surface area contributed by atoms with E-state index in [4.69, 9.17) is 9.47 Å². The fourth-order valence-electron chi connectivity index (χ4n) is 2.08. The van der Waals surface area contributed by atoms with Crippen molar-refractivity contribution in [3.05, 3.63) is 47.5 Å². The Balaban J connectivity index is 2.15. The third-order valence-corrected chi connectivity index (χ3v) is 4.32. The smallest absolute Gasteiger partial charge is 0.224 e. The third-order valence-electron chi connectivity index (χ3n) is 3.38. The number of nitrogens with one attached hydrogen (secondary N) is 1. The number of thiol groups is 1. The van der Waals surface area contributed by atoms with Crippen LogP contribution >= 0.6 is 0 Å². The summed E-state index contributed by atoms with van der Waals surface area (Å²) >= 11 is 0.976. The molecule has 0 aliphatic rings. The van der Waals surface area contributed by atoms with Crippen LogP contribution in [0.25, 0.3) is 0 Å². The molecule has 4 heteroatoms. The van der Waals surface area contributed by atoms with Crippen LogP contribution in [0.2, 0.25) is 0 Å². The Bertz CT molecular complexity index is 614. The second-order valence-corrected chi connectivity index (χ2v) is 5.69. The normalized spacial score (nSPS) is 10.3. The molecule has 0 saturated carbocycles. The first-order valence-corrected chi connectivity index (χ1v) is 7.85. The predicted molar refractivity (Wildman–Crippen MR) is 90.8 cm³/mol. The maximum Gasteiger partial charge on any atom is 0.224 e. The first-order valence-electron chi connectivity index (χ1n) is 6.96. The van der Waals surface area contributed by atoms with Crippen LogP contribution < -0.4 is 14.2 Å². The number of hydrogen-bond donors (Lipinski definition) is 1. The zero-order chi connectivity index (χ0) is 15.2. The minimum atomic E-state index is 0.832. The topological polar surface area (TPSA) is 30.5 Å². The van der Waals surface area contributed by atoms with Crippen molar-refractivity contribution in [3.63, 3.8) is 0 Å². The molecule has 0 fully saturated rings. The lowest BCUT2D eigenvalue weighted by Gasteiger charge is -2.07. The molecule has 3 nitrogen and oxygen atoms in total. The first kappa shape index (κ1) is 15.6. The third kappa shape index (κ3) is 3.85. The van der Waals surface area contributed by atoms with E-state index >= 15 is 0 Å². The zero-order valence-corrected chi connectivity index (χ0v) is 13.8. The molecular weight excluding hydrogens is 282 g/mol. The Morgan fingerprint density at radius 2 is 1.86 bits per heavy atom. The Labute approximate surface area is 130 Å². The van der Waals surface area contributed by atoms with Crippen molar-refractivity contribution in [3.8, 4) is 11.5 Å². The molecule has 2 rings (SSSR count). The summed E-state index contributed by atoms with van der Waals surface area (Å²) in [6.07, 6.45) is 1.06. The highest BCUT2D eigenvalue weighted by molar-refractivity contribution is 7.80. The summed E-state index contributed by atoms with van der Waals surface area (Å²) in [6, 6.07) is 12.3. The van der Waals surface area contributed by atoms with E-state index in [0.717, 1.165) is 40.5 Å². The van der Waals surface area contributed by atoms with Gasteiger partial charge in [0.15, 0.2) is 5.75 Å². The van der Waals surface area contributed by atoms with Crippen molar-refractivity contribution in [2.24, 2.45) is 0 Å². The van der Waals surface area contributed by atoms with Crippen LogP contribution in [-0.2, 0) is 18.4 Å². The second kappa shape index (κ2) is 7.27. The molecule has 0 heterocycles. The van der Waals surface area contributed by atoms with Crippen molar-refractivity contribution in [2.45, 2.75) is 25.2 Å². The van der Waals surface area contributed by atoms with Gasteiger partial charge >= 0.3 is 0 Å². The SMILES string of the molecule is CCc1ccc(N[SH+]c2cc(OC)ccc2OC)c(C)c1. The van der Waals surface area contributed by atoms with E-state index in [-0.39, 0.29) is 0 Å². The average Bonchev–Trinajstić information content (AvgIpc) is 2.53. The van der Waals surface area contributed by atoms with Crippen LogP contribution in [0.4, 0.5) is 5.69 Å². The fourth-order valence-corrected chi connectivity index (χ4v) is 3.04. The van der Waals surface area contributed by atoms with Gasteiger partial charge in [-0.3, -0.25) is 0 Å². The van der Waals surface area contributed by atoms with Gasteiger partial charge in [0.05, 0.1) is 19.9 Å². The van der Waals surface area contributed by atoms with Crippen molar-refractivity contribution < 1.29 is 9.47 Å². The van der Waals surface area contributed by atoms with Gasteiger partial charge in [-0.15, -0.1) is 0 Å². The number of methoxy groups -OCH3 is 2. The highest BCUT2D eigenvalue weighted by Gasteiger charge is 2.14. The first-order chi connectivity index (χ1) is 10.2. The summed E-state index contributed by atoms with van der Waals surface area (Å²) < 4.78 is 14.1. The summed E-state index contributed by atoms with van der Waals surface area (Å²) in [5.41, 5.74) is 3.75. The minimum Gasteiger partial charge on any atom is -0.497 e. The van der Waals surface area contributed by atoms with E-state index in [2.05, 4.69) is 36.8 Å². The molecule has 0 spiro atoms. The molecule has 21 heavy (non-hydrogen) atoms. The van der Waals surface area contributed by atoms with E-state index < -0.39 is 0 Å². The van der Waals surface area contributed by atoms with Crippen LogP contribution in [0.1, 0.15) is 18.1 Å². The van der Waals surface area contributed by atoms with E-state index in [1.165, 1.54) is 11.1 Å². The van der Waals surface area contributed by atoms with Gasteiger partial charge in [-0.1, -0.05) is 19.1 Å². The molecule has 0 bridgehead atoms. The number of rotatable bonds is 6. The van der Waals surface area contributed by atoms with Crippen LogP contribution in [0.15, 0.2) is 41.3 Å². The van der Waals surface area contributed by atoms with Gasteiger partial charge in [0.25, 0.3) is 0 Å². The number of hydrogen-bond acceptors (Lipinski definition) is 3. The number of aryl methyl sites for hydroxylation is 2. The summed E-state index contributed by atoms with van der Waals surface area (Å²) in [6.45, 7) is 4.29. The molecule has 0 saturated heterocycles. The Hall–Kier alpha value is -1.81. The van der Waals surface area contributed by atoms with Gasteiger partial charge in [0.1, 0.15) is 17.7 Å². The van der Waals surface area contributed by atoms with Crippen LogP contribution in [0.3, 0.4) is 0 Å². The van der Waals surface area contributed by atoms with Crippen LogP contribution in [0, 0.1) is 6.92 Å². The predicted octanol–water partition coefficient (Wildman–Crippen LogP) is 3.78. The van der Waals surface area contributed by atoms with Crippen LogP contribution in [-0.4, -0.2) is 14.2 Å². The molecule has 0 unspecified atom stereocenters. The standard InChI is InChI=1S/C17H21NO2S/c1-5-13-6-8-15(12(2)10-13)18-21-17-11-14(19-3)7-9-16(17)20-4/h6-11,18H,5H2,1-4H3/p+1. The maximum atomic E-state index is 5.40. The molecule has 2 aromatic carbocycles. The van der Waals surface area contributed by atoms with Crippen LogP contribution in [0.5, 0.6) is 11.5 Å². The second-order valence-electron chi connectivity index (χ2n) is 4.76. The quantitative estimate of drug-likeness (QED) is 0.651. The van der Waals surface area contributed by atoms with Gasteiger partial charge < -0.3 is 9.47 Å². The fraction of sp³-hybridized carbons (Fsp3) is 0.294. The molecule has 1 N–H and O–H groups in total. The monoisotopic (exact) mass is 304 g/mol. The minimum absolute atomic E-state index is 0.832. The molecule has 112 valence electrons. The Morgan fingerprint density at radius 1 is 1.05 bits per heavy atom. The molecule has 0 aliphatic carbocycles.